The highest BCUT2D eigenvalue weighted by Crippen LogP contribution is 2.54. The molecule has 0 saturated heterocycles. The summed E-state index contributed by atoms with van der Waals surface area (Å²) in [5, 5.41) is 3.34. The highest BCUT2D eigenvalue weighted by atomic mass is 19.4. The van der Waals surface area contributed by atoms with Gasteiger partial charge in [0.1, 0.15) is 0 Å². The predicted molar refractivity (Wildman–Crippen MR) is 70.1 cm³/mol. The van der Waals surface area contributed by atoms with Crippen LogP contribution in [0.2, 0.25) is 0 Å². The Morgan fingerprint density at radius 3 is 2.58 bits per heavy atom. The molecule has 19 heavy (non-hydrogen) atoms. The van der Waals surface area contributed by atoms with E-state index in [0.29, 0.717) is 5.92 Å². The maximum absolute atomic E-state index is 12.8. The molecule has 1 aliphatic rings. The van der Waals surface area contributed by atoms with Gasteiger partial charge < -0.3 is 5.32 Å². The van der Waals surface area contributed by atoms with E-state index in [-0.39, 0.29) is 5.41 Å². The Morgan fingerprint density at radius 1 is 1.37 bits per heavy atom. The summed E-state index contributed by atoms with van der Waals surface area (Å²) < 4.78 is 38.3. The molecule has 106 valence electrons. The Kier molecular flexibility index (Phi) is 3.90. The fraction of sp³-hybridized carbons (Fsp3) is 0.600. The van der Waals surface area contributed by atoms with Crippen molar-refractivity contribution in [1.29, 1.82) is 0 Å². The van der Waals surface area contributed by atoms with Crippen molar-refractivity contribution in [3.05, 3.63) is 35.4 Å². The summed E-state index contributed by atoms with van der Waals surface area (Å²) in [6, 6.07) is 5.80. The third-order valence-electron chi connectivity index (χ3n) is 4.09. The fourth-order valence-electron chi connectivity index (χ4n) is 2.73. The van der Waals surface area contributed by atoms with Crippen molar-refractivity contribution >= 4 is 0 Å². The van der Waals surface area contributed by atoms with Gasteiger partial charge in [0.25, 0.3) is 0 Å². The van der Waals surface area contributed by atoms with Crippen LogP contribution in [0.25, 0.3) is 0 Å². The van der Waals surface area contributed by atoms with Crippen LogP contribution in [-0.2, 0) is 11.6 Å². The number of rotatable bonds is 5. The molecule has 1 nitrogen and oxygen atoms in total. The predicted octanol–water partition coefficient (Wildman–Crippen LogP) is 3.98. The van der Waals surface area contributed by atoms with Crippen molar-refractivity contribution in [3.63, 3.8) is 0 Å². The van der Waals surface area contributed by atoms with E-state index in [1.165, 1.54) is 12.1 Å². The molecule has 1 aromatic carbocycles. The molecule has 2 atom stereocenters. The third-order valence-corrected chi connectivity index (χ3v) is 4.09. The number of hydrogen-bond donors (Lipinski definition) is 1. The van der Waals surface area contributed by atoms with Gasteiger partial charge in [-0.25, -0.2) is 0 Å². The van der Waals surface area contributed by atoms with Crippen LogP contribution in [-0.4, -0.2) is 13.1 Å². The highest BCUT2D eigenvalue weighted by molar-refractivity contribution is 5.37. The summed E-state index contributed by atoms with van der Waals surface area (Å²) in [6.07, 6.45) is -2.26. The molecule has 0 bridgehead atoms. The average Bonchev–Trinajstić information content (AvgIpc) is 3.01. The summed E-state index contributed by atoms with van der Waals surface area (Å²) >= 11 is 0. The molecule has 2 rings (SSSR count). The van der Waals surface area contributed by atoms with Crippen LogP contribution in [0.4, 0.5) is 13.2 Å². The van der Waals surface area contributed by atoms with Crippen molar-refractivity contribution in [2.24, 2.45) is 5.92 Å². The van der Waals surface area contributed by atoms with Gasteiger partial charge in [-0.3, -0.25) is 0 Å². The molecule has 1 saturated carbocycles. The monoisotopic (exact) mass is 271 g/mol. The SMILES string of the molecule is CCCNCC1(c2cccc(C(F)(F)F)c2)CC1C. The second-order valence-electron chi connectivity index (χ2n) is 5.52. The molecular formula is C15H20F3N. The molecule has 1 aromatic rings. The van der Waals surface area contributed by atoms with Gasteiger partial charge in [0.15, 0.2) is 0 Å². The number of alkyl halides is 3. The fourth-order valence-corrected chi connectivity index (χ4v) is 2.73. The van der Waals surface area contributed by atoms with Crippen LogP contribution in [0, 0.1) is 5.92 Å². The molecule has 1 aliphatic carbocycles. The topological polar surface area (TPSA) is 12.0 Å². The van der Waals surface area contributed by atoms with Gasteiger partial charge in [0.2, 0.25) is 0 Å². The second kappa shape index (κ2) is 5.16. The lowest BCUT2D eigenvalue weighted by atomic mass is 9.92. The third kappa shape index (κ3) is 2.94. The second-order valence-corrected chi connectivity index (χ2v) is 5.52. The standard InChI is InChI=1S/C15H20F3N/c1-3-7-19-10-14(9-11(14)2)12-5-4-6-13(8-12)15(16,17)18/h4-6,8,11,19H,3,7,9-10H2,1-2H3. The quantitative estimate of drug-likeness (QED) is 0.799. The first-order valence-corrected chi connectivity index (χ1v) is 6.78. The first kappa shape index (κ1) is 14.4. The van der Waals surface area contributed by atoms with E-state index in [1.54, 1.807) is 0 Å². The maximum atomic E-state index is 12.8. The lowest BCUT2D eigenvalue weighted by Crippen LogP contribution is -2.29. The van der Waals surface area contributed by atoms with E-state index in [9.17, 15) is 13.2 Å². The molecule has 1 fully saturated rings. The average molecular weight is 271 g/mol. The molecule has 0 amide bonds. The highest BCUT2D eigenvalue weighted by Gasteiger charge is 2.52. The first-order valence-electron chi connectivity index (χ1n) is 6.78. The number of benzene rings is 1. The zero-order valence-electron chi connectivity index (χ0n) is 11.3. The van der Waals surface area contributed by atoms with Crippen molar-refractivity contribution in [2.45, 2.75) is 38.3 Å². The summed E-state index contributed by atoms with van der Waals surface area (Å²) in [5.74, 6) is 0.445. The van der Waals surface area contributed by atoms with Gasteiger partial charge in [-0.05, 0) is 36.9 Å². The van der Waals surface area contributed by atoms with E-state index in [4.69, 9.17) is 0 Å². The summed E-state index contributed by atoms with van der Waals surface area (Å²) in [4.78, 5) is 0. The Hall–Kier alpha value is -1.03. The minimum Gasteiger partial charge on any atom is -0.316 e. The Labute approximate surface area is 112 Å². The Bertz CT molecular complexity index is 441. The van der Waals surface area contributed by atoms with E-state index in [2.05, 4.69) is 19.2 Å². The molecule has 0 heterocycles. The minimum absolute atomic E-state index is 0.101. The van der Waals surface area contributed by atoms with Crippen molar-refractivity contribution < 1.29 is 13.2 Å². The van der Waals surface area contributed by atoms with Gasteiger partial charge in [0.05, 0.1) is 5.56 Å². The van der Waals surface area contributed by atoms with Gasteiger partial charge in [-0.2, -0.15) is 13.2 Å². The molecule has 0 aromatic heterocycles. The van der Waals surface area contributed by atoms with Crippen molar-refractivity contribution in [3.8, 4) is 0 Å². The van der Waals surface area contributed by atoms with E-state index >= 15 is 0 Å². The molecular weight excluding hydrogens is 251 g/mol. The maximum Gasteiger partial charge on any atom is 0.416 e. The van der Waals surface area contributed by atoms with Gasteiger partial charge >= 0.3 is 6.18 Å². The van der Waals surface area contributed by atoms with Gasteiger partial charge in [-0.15, -0.1) is 0 Å². The first-order chi connectivity index (χ1) is 8.90. The molecule has 1 N–H and O–H groups in total. The van der Waals surface area contributed by atoms with Crippen LogP contribution in [0.15, 0.2) is 24.3 Å². The van der Waals surface area contributed by atoms with Crippen LogP contribution in [0.1, 0.15) is 37.8 Å². The van der Waals surface area contributed by atoms with Crippen molar-refractivity contribution in [1.82, 2.24) is 5.32 Å². The number of hydrogen-bond acceptors (Lipinski definition) is 1. The Balaban J connectivity index is 2.20. The normalized spacial score (nSPS) is 26.5. The van der Waals surface area contributed by atoms with E-state index < -0.39 is 11.7 Å². The lowest BCUT2D eigenvalue weighted by Gasteiger charge is -2.19. The Morgan fingerprint density at radius 2 is 2.05 bits per heavy atom. The van der Waals surface area contributed by atoms with Crippen molar-refractivity contribution in [2.75, 3.05) is 13.1 Å². The van der Waals surface area contributed by atoms with Crippen LogP contribution in [0.5, 0.6) is 0 Å². The summed E-state index contributed by atoms with van der Waals surface area (Å²) in [6.45, 7) is 5.87. The summed E-state index contributed by atoms with van der Waals surface area (Å²) in [7, 11) is 0. The van der Waals surface area contributed by atoms with Gasteiger partial charge in [-0.1, -0.05) is 32.0 Å². The smallest absolute Gasteiger partial charge is 0.316 e. The molecule has 2 unspecified atom stereocenters. The zero-order chi connectivity index (χ0) is 14.1. The molecule has 0 spiro atoms. The van der Waals surface area contributed by atoms with E-state index in [0.717, 1.165) is 37.6 Å². The van der Waals surface area contributed by atoms with Crippen LogP contribution < -0.4 is 5.32 Å². The number of halogens is 3. The lowest BCUT2D eigenvalue weighted by molar-refractivity contribution is -0.137. The molecule has 4 heteroatoms. The number of nitrogens with one attached hydrogen (secondary N) is 1. The van der Waals surface area contributed by atoms with E-state index in [1.807, 2.05) is 6.07 Å². The van der Waals surface area contributed by atoms with Gasteiger partial charge in [0, 0.05) is 12.0 Å². The molecule has 0 aliphatic heterocycles. The molecule has 0 radical (unpaired) electrons. The zero-order valence-corrected chi connectivity index (χ0v) is 11.3. The summed E-state index contributed by atoms with van der Waals surface area (Å²) in [5.41, 5.74) is 0.175. The van der Waals surface area contributed by atoms with Crippen LogP contribution in [0.3, 0.4) is 0 Å². The minimum atomic E-state index is -4.26. The van der Waals surface area contributed by atoms with Crippen LogP contribution >= 0.6 is 0 Å². The largest absolute Gasteiger partial charge is 0.416 e.